The van der Waals surface area contributed by atoms with Crippen molar-refractivity contribution in [3.05, 3.63) is 35.3 Å². The molecule has 0 radical (unpaired) electrons. The number of aryl methyl sites for hydroxylation is 1. The normalized spacial score (nSPS) is 14.4. The Morgan fingerprint density at radius 3 is 2.88 bits per heavy atom. The van der Waals surface area contributed by atoms with Crippen LogP contribution in [0.1, 0.15) is 61.1 Å². The average molecular weight is 345 g/mol. The van der Waals surface area contributed by atoms with Gasteiger partial charge in [-0.25, -0.2) is 0 Å². The third-order valence-electron chi connectivity index (χ3n) is 4.75. The van der Waals surface area contributed by atoms with Crippen molar-refractivity contribution in [2.24, 2.45) is 0 Å². The molecule has 0 aliphatic carbocycles. The third-order valence-corrected chi connectivity index (χ3v) is 4.75. The van der Waals surface area contributed by atoms with Crippen LogP contribution in [0.3, 0.4) is 0 Å². The van der Waals surface area contributed by atoms with Crippen LogP contribution in [0.4, 0.5) is 0 Å². The fourth-order valence-corrected chi connectivity index (χ4v) is 3.18. The highest BCUT2D eigenvalue weighted by atomic mass is 16.4. The molecule has 2 aromatic heterocycles. The molecule has 0 atom stereocenters. The van der Waals surface area contributed by atoms with Crippen LogP contribution in [0, 0.1) is 0 Å². The number of carbonyl (C=O) groups excluding carboxylic acids is 1. The van der Waals surface area contributed by atoms with Crippen LogP contribution in [-0.2, 0) is 26.1 Å². The maximum Gasteiger partial charge on any atom is 0.287 e. The van der Waals surface area contributed by atoms with Gasteiger partial charge >= 0.3 is 0 Å². The van der Waals surface area contributed by atoms with Crippen molar-refractivity contribution in [1.29, 1.82) is 0 Å². The number of fused-ring (bicyclic) bond motifs is 1. The molecule has 1 aliphatic rings. The number of carbonyl (C=O) groups is 1. The Morgan fingerprint density at radius 2 is 2.08 bits per heavy atom. The van der Waals surface area contributed by atoms with Crippen LogP contribution in [0.2, 0.25) is 0 Å². The van der Waals surface area contributed by atoms with E-state index in [-0.39, 0.29) is 5.91 Å². The summed E-state index contributed by atoms with van der Waals surface area (Å²) in [5.74, 6) is 2.79. The molecule has 0 unspecified atom stereocenters. The molecule has 136 valence electrons. The summed E-state index contributed by atoms with van der Waals surface area (Å²) in [6.07, 6.45) is 4.48. The highest BCUT2D eigenvalue weighted by Gasteiger charge is 2.17. The largest absolute Gasteiger partial charge is 0.455 e. The van der Waals surface area contributed by atoms with E-state index in [1.807, 2.05) is 6.07 Å². The van der Waals surface area contributed by atoms with Gasteiger partial charge in [-0.1, -0.05) is 20.3 Å². The molecular formula is C18H27N5O2. The molecule has 0 saturated heterocycles. The first-order chi connectivity index (χ1) is 12.2. The zero-order valence-electron chi connectivity index (χ0n) is 15.1. The lowest BCUT2D eigenvalue weighted by atomic mass is 10.2. The predicted molar refractivity (Wildman–Crippen MR) is 94.1 cm³/mol. The van der Waals surface area contributed by atoms with E-state index in [9.17, 15) is 4.79 Å². The molecule has 7 heteroatoms. The van der Waals surface area contributed by atoms with Gasteiger partial charge in [-0.3, -0.25) is 9.69 Å². The van der Waals surface area contributed by atoms with Crippen molar-refractivity contribution >= 4 is 5.91 Å². The van der Waals surface area contributed by atoms with Crippen LogP contribution in [0.5, 0.6) is 0 Å². The number of rotatable bonds is 7. The van der Waals surface area contributed by atoms with Gasteiger partial charge in [0.15, 0.2) is 11.6 Å². The highest BCUT2D eigenvalue weighted by Crippen LogP contribution is 2.15. The standard InChI is InChI=1S/C18H27N5O2/c1-3-22(4-2)13-14-9-10-15(25-14)18(24)19-12-17-21-20-16-8-6-5-7-11-23(16)17/h9-10H,3-8,11-13H2,1-2H3,(H,19,24). The van der Waals surface area contributed by atoms with Gasteiger partial charge in [0.2, 0.25) is 0 Å². The Balaban J connectivity index is 1.58. The molecule has 0 saturated carbocycles. The van der Waals surface area contributed by atoms with Crippen LogP contribution in [0.25, 0.3) is 0 Å². The Labute approximate surface area is 148 Å². The van der Waals surface area contributed by atoms with Gasteiger partial charge in [-0.2, -0.15) is 0 Å². The third kappa shape index (κ3) is 4.28. The lowest BCUT2D eigenvalue weighted by molar-refractivity contribution is 0.0918. The summed E-state index contributed by atoms with van der Waals surface area (Å²) in [5, 5.41) is 11.4. The fourth-order valence-electron chi connectivity index (χ4n) is 3.18. The Morgan fingerprint density at radius 1 is 1.24 bits per heavy atom. The number of amides is 1. The summed E-state index contributed by atoms with van der Waals surface area (Å²) in [6, 6.07) is 3.61. The second kappa shape index (κ2) is 8.29. The van der Waals surface area contributed by atoms with Gasteiger partial charge in [-0.15, -0.1) is 10.2 Å². The number of aromatic nitrogens is 3. The summed E-state index contributed by atoms with van der Waals surface area (Å²) < 4.78 is 7.83. The van der Waals surface area contributed by atoms with E-state index in [0.717, 1.165) is 62.9 Å². The molecule has 0 fully saturated rings. The molecule has 0 spiro atoms. The highest BCUT2D eigenvalue weighted by molar-refractivity contribution is 5.91. The number of nitrogens with one attached hydrogen (secondary N) is 1. The van der Waals surface area contributed by atoms with Gasteiger partial charge < -0.3 is 14.3 Å². The van der Waals surface area contributed by atoms with Gasteiger partial charge in [0.1, 0.15) is 11.6 Å². The quantitative estimate of drug-likeness (QED) is 0.834. The molecule has 3 heterocycles. The molecule has 1 N–H and O–H groups in total. The lowest BCUT2D eigenvalue weighted by Crippen LogP contribution is -2.25. The maximum atomic E-state index is 12.3. The van der Waals surface area contributed by atoms with E-state index in [1.165, 1.54) is 6.42 Å². The molecule has 1 aliphatic heterocycles. The Hall–Kier alpha value is -2.15. The van der Waals surface area contributed by atoms with Crippen molar-refractivity contribution in [1.82, 2.24) is 25.0 Å². The van der Waals surface area contributed by atoms with Crippen LogP contribution in [-0.4, -0.2) is 38.7 Å². The SMILES string of the molecule is CCN(CC)Cc1ccc(C(=O)NCc2nnc3n2CCCCC3)o1. The van der Waals surface area contributed by atoms with Gasteiger partial charge in [0, 0.05) is 13.0 Å². The van der Waals surface area contributed by atoms with E-state index in [4.69, 9.17) is 4.42 Å². The molecule has 0 bridgehead atoms. The summed E-state index contributed by atoms with van der Waals surface area (Å²) >= 11 is 0. The van der Waals surface area contributed by atoms with E-state index in [1.54, 1.807) is 6.07 Å². The molecular weight excluding hydrogens is 318 g/mol. The first kappa shape index (κ1) is 17.7. The van der Waals surface area contributed by atoms with Crippen molar-refractivity contribution in [2.45, 2.75) is 59.2 Å². The average Bonchev–Trinajstić information content (AvgIpc) is 3.18. The van der Waals surface area contributed by atoms with Gasteiger partial charge in [0.05, 0.1) is 13.1 Å². The smallest absolute Gasteiger partial charge is 0.287 e. The summed E-state index contributed by atoms with van der Waals surface area (Å²) in [4.78, 5) is 14.6. The second-order valence-electron chi connectivity index (χ2n) is 6.40. The summed E-state index contributed by atoms with van der Waals surface area (Å²) in [5.41, 5.74) is 0. The maximum absolute atomic E-state index is 12.3. The summed E-state index contributed by atoms with van der Waals surface area (Å²) in [7, 11) is 0. The molecule has 1 amide bonds. The molecule has 3 rings (SSSR count). The zero-order chi connectivity index (χ0) is 17.6. The lowest BCUT2D eigenvalue weighted by Gasteiger charge is -2.15. The number of hydrogen-bond acceptors (Lipinski definition) is 5. The van der Waals surface area contributed by atoms with E-state index in [0.29, 0.717) is 12.3 Å². The minimum absolute atomic E-state index is 0.211. The van der Waals surface area contributed by atoms with Crippen LogP contribution >= 0.6 is 0 Å². The van der Waals surface area contributed by atoms with Crippen molar-refractivity contribution < 1.29 is 9.21 Å². The number of hydrogen-bond donors (Lipinski definition) is 1. The number of furan rings is 1. The van der Waals surface area contributed by atoms with Crippen molar-refractivity contribution in [3.8, 4) is 0 Å². The van der Waals surface area contributed by atoms with Crippen LogP contribution in [0.15, 0.2) is 16.5 Å². The zero-order valence-corrected chi connectivity index (χ0v) is 15.1. The van der Waals surface area contributed by atoms with Gasteiger partial charge in [-0.05, 0) is 38.1 Å². The fraction of sp³-hybridized carbons (Fsp3) is 0.611. The van der Waals surface area contributed by atoms with E-state index in [2.05, 4.69) is 38.8 Å². The molecule has 7 nitrogen and oxygen atoms in total. The topological polar surface area (TPSA) is 76.2 Å². The minimum Gasteiger partial charge on any atom is -0.455 e. The molecule has 2 aromatic rings. The molecule has 0 aromatic carbocycles. The minimum atomic E-state index is -0.211. The van der Waals surface area contributed by atoms with Crippen molar-refractivity contribution in [3.63, 3.8) is 0 Å². The predicted octanol–water partition coefficient (Wildman–Crippen LogP) is 2.37. The monoisotopic (exact) mass is 345 g/mol. The van der Waals surface area contributed by atoms with Gasteiger partial charge in [0.25, 0.3) is 5.91 Å². The number of nitrogens with zero attached hydrogens (tertiary/aromatic N) is 4. The Bertz CT molecular complexity index is 702. The van der Waals surface area contributed by atoms with Crippen molar-refractivity contribution in [2.75, 3.05) is 13.1 Å². The first-order valence-electron chi connectivity index (χ1n) is 9.21. The molecule has 25 heavy (non-hydrogen) atoms. The van der Waals surface area contributed by atoms with E-state index >= 15 is 0 Å². The first-order valence-corrected chi connectivity index (χ1v) is 9.21. The Kier molecular flexibility index (Phi) is 5.86. The second-order valence-corrected chi connectivity index (χ2v) is 6.40. The van der Waals surface area contributed by atoms with Crippen LogP contribution < -0.4 is 5.32 Å². The van der Waals surface area contributed by atoms with E-state index < -0.39 is 0 Å². The summed E-state index contributed by atoms with van der Waals surface area (Å²) in [6.45, 7) is 8.16.